The van der Waals surface area contributed by atoms with Gasteiger partial charge in [0.25, 0.3) is 0 Å². The van der Waals surface area contributed by atoms with Crippen molar-refractivity contribution in [3.63, 3.8) is 0 Å². The zero-order valence-corrected chi connectivity index (χ0v) is 6.89. The molecule has 0 saturated heterocycles. The summed E-state index contributed by atoms with van der Waals surface area (Å²) in [5, 5.41) is 2.89. The van der Waals surface area contributed by atoms with Crippen LogP contribution < -0.4 is 5.32 Å². The molecule has 12 heavy (non-hydrogen) atoms. The molecular formula is C10H10FN. The molecule has 0 bridgehead atoms. The van der Waals surface area contributed by atoms with Crippen molar-refractivity contribution in [1.82, 2.24) is 0 Å². The van der Waals surface area contributed by atoms with Gasteiger partial charge in [0, 0.05) is 5.69 Å². The molecule has 1 nitrogen and oxygen atoms in total. The van der Waals surface area contributed by atoms with E-state index in [-0.39, 0.29) is 5.82 Å². The molecule has 0 saturated carbocycles. The van der Waals surface area contributed by atoms with E-state index in [0.717, 1.165) is 5.69 Å². The van der Waals surface area contributed by atoms with E-state index < -0.39 is 0 Å². The summed E-state index contributed by atoms with van der Waals surface area (Å²) in [6.45, 7) is 2.14. The highest BCUT2D eigenvalue weighted by molar-refractivity contribution is 5.45. The van der Waals surface area contributed by atoms with E-state index in [9.17, 15) is 4.39 Å². The normalized spacial score (nSPS) is 9.08. The number of halogens is 1. The first kappa shape index (κ1) is 8.61. The van der Waals surface area contributed by atoms with Gasteiger partial charge in [-0.2, -0.15) is 0 Å². The van der Waals surface area contributed by atoms with Crippen molar-refractivity contribution in [3.8, 4) is 12.3 Å². The molecule has 0 fully saturated rings. The molecular weight excluding hydrogens is 153 g/mol. The Morgan fingerprint density at radius 1 is 1.58 bits per heavy atom. The zero-order valence-electron chi connectivity index (χ0n) is 6.89. The number of anilines is 1. The molecule has 0 heterocycles. The molecule has 0 spiro atoms. The largest absolute Gasteiger partial charge is 0.374 e. The second kappa shape index (κ2) is 3.77. The fraction of sp³-hybridized carbons (Fsp3) is 0.200. The van der Waals surface area contributed by atoms with Crippen LogP contribution in [-0.4, -0.2) is 6.54 Å². The van der Waals surface area contributed by atoms with Gasteiger partial charge in [-0.25, -0.2) is 4.39 Å². The Balaban J connectivity index is 2.77. The average molecular weight is 163 g/mol. The van der Waals surface area contributed by atoms with Crippen LogP contribution in [0, 0.1) is 25.1 Å². The van der Waals surface area contributed by atoms with Crippen molar-refractivity contribution in [3.05, 3.63) is 29.6 Å². The van der Waals surface area contributed by atoms with Crippen LogP contribution in [-0.2, 0) is 0 Å². The van der Waals surface area contributed by atoms with Gasteiger partial charge < -0.3 is 5.32 Å². The first-order valence-corrected chi connectivity index (χ1v) is 3.67. The molecule has 0 aliphatic rings. The third-order valence-corrected chi connectivity index (χ3v) is 1.57. The average Bonchev–Trinajstić information content (AvgIpc) is 2.07. The summed E-state index contributed by atoms with van der Waals surface area (Å²) in [5.41, 5.74) is 1.36. The molecule has 0 aromatic heterocycles. The number of terminal acetylenes is 1. The Morgan fingerprint density at radius 3 is 2.92 bits per heavy atom. The van der Waals surface area contributed by atoms with Crippen molar-refractivity contribution in [2.45, 2.75) is 6.92 Å². The fourth-order valence-electron chi connectivity index (χ4n) is 0.856. The van der Waals surface area contributed by atoms with Crippen molar-refractivity contribution in [1.29, 1.82) is 0 Å². The third kappa shape index (κ3) is 2.00. The summed E-state index contributed by atoms with van der Waals surface area (Å²) in [7, 11) is 0. The molecule has 0 atom stereocenters. The van der Waals surface area contributed by atoms with E-state index in [2.05, 4.69) is 11.2 Å². The summed E-state index contributed by atoms with van der Waals surface area (Å²) < 4.78 is 12.9. The number of rotatable bonds is 2. The molecule has 0 amide bonds. The van der Waals surface area contributed by atoms with Crippen molar-refractivity contribution in [2.75, 3.05) is 11.9 Å². The highest BCUT2D eigenvalue weighted by atomic mass is 19.1. The van der Waals surface area contributed by atoms with E-state index >= 15 is 0 Å². The SMILES string of the molecule is C#CCNc1ccc(C)c(F)c1. The van der Waals surface area contributed by atoms with Crippen LogP contribution >= 0.6 is 0 Å². The van der Waals surface area contributed by atoms with E-state index in [4.69, 9.17) is 6.42 Å². The van der Waals surface area contributed by atoms with Crippen LogP contribution in [0.25, 0.3) is 0 Å². The van der Waals surface area contributed by atoms with Crippen LogP contribution in [0.15, 0.2) is 18.2 Å². The van der Waals surface area contributed by atoms with Crippen LogP contribution in [0.1, 0.15) is 5.56 Å². The monoisotopic (exact) mass is 163 g/mol. The summed E-state index contributed by atoms with van der Waals surface area (Å²) in [5.74, 6) is 2.21. The molecule has 0 aliphatic heterocycles. The standard InChI is InChI=1S/C10H10FN/c1-3-6-12-9-5-4-8(2)10(11)7-9/h1,4-5,7,12H,6H2,2H3. The van der Waals surface area contributed by atoms with Gasteiger partial charge in [0.2, 0.25) is 0 Å². The fourth-order valence-corrected chi connectivity index (χ4v) is 0.856. The van der Waals surface area contributed by atoms with Crippen LogP contribution in [0.3, 0.4) is 0 Å². The molecule has 1 rings (SSSR count). The molecule has 0 radical (unpaired) electrons. The first-order chi connectivity index (χ1) is 5.74. The topological polar surface area (TPSA) is 12.0 Å². The predicted molar refractivity (Wildman–Crippen MR) is 48.5 cm³/mol. The maximum absolute atomic E-state index is 12.9. The second-order valence-corrected chi connectivity index (χ2v) is 2.52. The maximum atomic E-state index is 12.9. The van der Waals surface area contributed by atoms with Gasteiger partial charge in [0.05, 0.1) is 6.54 Å². The lowest BCUT2D eigenvalue weighted by Gasteiger charge is -2.03. The van der Waals surface area contributed by atoms with E-state index in [1.807, 2.05) is 0 Å². The highest BCUT2D eigenvalue weighted by Crippen LogP contribution is 2.12. The minimum atomic E-state index is -0.211. The zero-order chi connectivity index (χ0) is 8.97. The Morgan fingerprint density at radius 2 is 2.33 bits per heavy atom. The van der Waals surface area contributed by atoms with Crippen LogP contribution in [0.5, 0.6) is 0 Å². The van der Waals surface area contributed by atoms with Gasteiger partial charge in [-0.05, 0) is 24.6 Å². The Kier molecular flexibility index (Phi) is 2.71. The van der Waals surface area contributed by atoms with Crippen LogP contribution in [0.2, 0.25) is 0 Å². The smallest absolute Gasteiger partial charge is 0.128 e. The lowest BCUT2D eigenvalue weighted by molar-refractivity contribution is 0.619. The number of benzene rings is 1. The Hall–Kier alpha value is -1.49. The van der Waals surface area contributed by atoms with Crippen molar-refractivity contribution < 1.29 is 4.39 Å². The number of aryl methyl sites for hydroxylation is 1. The van der Waals surface area contributed by atoms with Crippen LogP contribution in [0.4, 0.5) is 10.1 Å². The molecule has 1 N–H and O–H groups in total. The molecule has 1 aromatic rings. The number of nitrogens with one attached hydrogen (secondary N) is 1. The molecule has 2 heteroatoms. The summed E-state index contributed by atoms with van der Waals surface area (Å²) >= 11 is 0. The molecule has 1 aromatic carbocycles. The summed E-state index contributed by atoms with van der Waals surface area (Å²) in [6, 6.07) is 4.95. The highest BCUT2D eigenvalue weighted by Gasteiger charge is 1.96. The second-order valence-electron chi connectivity index (χ2n) is 2.52. The first-order valence-electron chi connectivity index (χ1n) is 3.67. The quantitative estimate of drug-likeness (QED) is 0.659. The van der Waals surface area contributed by atoms with E-state index in [1.165, 1.54) is 6.07 Å². The Bertz CT molecular complexity index is 312. The number of hydrogen-bond acceptors (Lipinski definition) is 1. The Labute approximate surface area is 71.6 Å². The number of hydrogen-bond donors (Lipinski definition) is 1. The lowest BCUT2D eigenvalue weighted by Crippen LogP contribution is -1.98. The van der Waals surface area contributed by atoms with Gasteiger partial charge in [-0.15, -0.1) is 6.42 Å². The van der Waals surface area contributed by atoms with Gasteiger partial charge >= 0.3 is 0 Å². The van der Waals surface area contributed by atoms with Gasteiger partial charge in [-0.1, -0.05) is 12.0 Å². The molecule has 0 unspecified atom stereocenters. The molecule has 62 valence electrons. The molecule has 0 aliphatic carbocycles. The lowest BCUT2D eigenvalue weighted by atomic mass is 10.2. The van der Waals surface area contributed by atoms with Gasteiger partial charge in [0.1, 0.15) is 5.82 Å². The third-order valence-electron chi connectivity index (χ3n) is 1.57. The van der Waals surface area contributed by atoms with Crippen molar-refractivity contribution in [2.24, 2.45) is 0 Å². The predicted octanol–water partition coefficient (Wildman–Crippen LogP) is 2.18. The van der Waals surface area contributed by atoms with Crippen molar-refractivity contribution >= 4 is 5.69 Å². The van der Waals surface area contributed by atoms with Gasteiger partial charge in [0.15, 0.2) is 0 Å². The maximum Gasteiger partial charge on any atom is 0.128 e. The van der Waals surface area contributed by atoms with E-state index in [0.29, 0.717) is 12.1 Å². The summed E-state index contributed by atoms with van der Waals surface area (Å²) in [6.07, 6.45) is 5.04. The minimum Gasteiger partial charge on any atom is -0.374 e. The summed E-state index contributed by atoms with van der Waals surface area (Å²) in [4.78, 5) is 0. The van der Waals surface area contributed by atoms with E-state index in [1.54, 1.807) is 19.1 Å². The minimum absolute atomic E-state index is 0.211. The van der Waals surface area contributed by atoms with Gasteiger partial charge in [-0.3, -0.25) is 0 Å².